The molecule has 1 unspecified atom stereocenters. The summed E-state index contributed by atoms with van der Waals surface area (Å²) in [4.78, 5) is 7.46. The molecule has 0 aliphatic rings. The average Bonchev–Trinajstić information content (AvgIpc) is 2.49. The largest absolute Gasteiger partial charge is 0.399 e. The molecule has 0 radical (unpaired) electrons. The van der Waals surface area contributed by atoms with Gasteiger partial charge in [-0.05, 0) is 32.8 Å². The zero-order valence-electron chi connectivity index (χ0n) is 13.0. The Labute approximate surface area is 133 Å². The number of anilines is 2. The second-order valence-corrected chi connectivity index (χ2v) is 4.71. The van der Waals surface area contributed by atoms with Crippen molar-refractivity contribution in [3.8, 4) is 0 Å². The molecule has 1 aromatic rings. The minimum absolute atomic E-state index is 0.0813. The molecule has 1 atom stereocenters. The van der Waals surface area contributed by atoms with E-state index in [9.17, 15) is 8.78 Å². The van der Waals surface area contributed by atoms with Crippen LogP contribution in [0.25, 0.3) is 5.70 Å². The molecule has 8 heteroatoms. The minimum Gasteiger partial charge on any atom is -0.399 e. The molecule has 1 rings (SSSR count). The number of allylic oxidation sites excluding steroid dienone is 1. The number of likely N-dealkylation sites (N-methyl/N-ethyl adjacent to an activating group) is 1. The lowest BCUT2D eigenvalue weighted by Crippen LogP contribution is -2.22. The molecule has 0 aliphatic heterocycles. The Morgan fingerprint density at radius 3 is 2.70 bits per heavy atom. The highest BCUT2D eigenvalue weighted by atomic mass is 19.1. The first kappa shape index (κ1) is 18.3. The Morgan fingerprint density at radius 1 is 1.52 bits per heavy atom. The first-order chi connectivity index (χ1) is 10.8. The first-order valence-corrected chi connectivity index (χ1v) is 6.68. The third-order valence-electron chi connectivity index (χ3n) is 2.98. The van der Waals surface area contributed by atoms with Gasteiger partial charge in [-0.2, -0.15) is 0 Å². The SMILES string of the molecule is C=N/C=C(\C=C(\F)C(C)NC)Nc1nc(N)c(F)cc1C(=C)N. The van der Waals surface area contributed by atoms with Crippen molar-refractivity contribution in [3.63, 3.8) is 0 Å². The molecule has 1 heterocycles. The molecule has 124 valence electrons. The summed E-state index contributed by atoms with van der Waals surface area (Å²) in [6.45, 7) is 8.52. The molecule has 0 saturated carbocycles. The van der Waals surface area contributed by atoms with E-state index in [1.807, 2.05) is 0 Å². The van der Waals surface area contributed by atoms with Crippen molar-refractivity contribution >= 4 is 24.1 Å². The van der Waals surface area contributed by atoms with E-state index >= 15 is 0 Å². The molecule has 0 bridgehead atoms. The van der Waals surface area contributed by atoms with Gasteiger partial charge in [0.2, 0.25) is 0 Å². The highest BCUT2D eigenvalue weighted by Crippen LogP contribution is 2.24. The molecule has 0 spiro atoms. The highest BCUT2D eigenvalue weighted by molar-refractivity contribution is 5.73. The number of rotatable bonds is 7. The van der Waals surface area contributed by atoms with Crippen molar-refractivity contribution in [2.75, 3.05) is 18.1 Å². The third-order valence-corrected chi connectivity index (χ3v) is 2.98. The number of aliphatic imine (C=N–C) groups is 1. The lowest BCUT2D eigenvalue weighted by Gasteiger charge is -2.14. The second-order valence-electron chi connectivity index (χ2n) is 4.71. The number of halogens is 2. The van der Waals surface area contributed by atoms with Gasteiger partial charge < -0.3 is 22.1 Å². The van der Waals surface area contributed by atoms with Gasteiger partial charge in [0.25, 0.3) is 0 Å². The van der Waals surface area contributed by atoms with Crippen molar-refractivity contribution in [1.82, 2.24) is 10.3 Å². The molecule has 0 aliphatic carbocycles. The predicted molar refractivity (Wildman–Crippen MR) is 90.8 cm³/mol. The van der Waals surface area contributed by atoms with Gasteiger partial charge in [0.05, 0.1) is 11.7 Å². The van der Waals surface area contributed by atoms with Crippen LogP contribution in [0.3, 0.4) is 0 Å². The summed E-state index contributed by atoms with van der Waals surface area (Å²) < 4.78 is 27.5. The maximum Gasteiger partial charge on any atom is 0.166 e. The van der Waals surface area contributed by atoms with E-state index in [1.165, 1.54) is 12.3 Å². The van der Waals surface area contributed by atoms with E-state index < -0.39 is 17.7 Å². The van der Waals surface area contributed by atoms with E-state index in [4.69, 9.17) is 11.5 Å². The summed E-state index contributed by atoms with van der Waals surface area (Å²) in [6, 6.07) is 0.600. The van der Waals surface area contributed by atoms with Gasteiger partial charge in [0.15, 0.2) is 11.6 Å². The van der Waals surface area contributed by atoms with Crippen molar-refractivity contribution in [3.05, 3.63) is 47.8 Å². The predicted octanol–water partition coefficient (Wildman–Crippen LogP) is 2.15. The van der Waals surface area contributed by atoms with Crippen LogP contribution in [0.1, 0.15) is 12.5 Å². The maximum absolute atomic E-state index is 14.0. The number of hydrogen-bond donors (Lipinski definition) is 4. The van der Waals surface area contributed by atoms with E-state index in [0.717, 1.165) is 6.07 Å². The van der Waals surface area contributed by atoms with Gasteiger partial charge in [-0.1, -0.05) is 6.58 Å². The lowest BCUT2D eigenvalue weighted by molar-refractivity contribution is 0.514. The lowest BCUT2D eigenvalue weighted by atomic mass is 10.2. The van der Waals surface area contributed by atoms with Gasteiger partial charge in [0.1, 0.15) is 11.6 Å². The van der Waals surface area contributed by atoms with E-state index in [0.29, 0.717) is 0 Å². The maximum atomic E-state index is 14.0. The zero-order valence-corrected chi connectivity index (χ0v) is 13.0. The summed E-state index contributed by atoms with van der Waals surface area (Å²) in [5.74, 6) is -1.36. The van der Waals surface area contributed by atoms with Gasteiger partial charge in [-0.3, -0.25) is 4.99 Å². The number of pyridine rings is 1. The molecule has 0 fully saturated rings. The van der Waals surface area contributed by atoms with Crippen molar-refractivity contribution < 1.29 is 8.78 Å². The van der Waals surface area contributed by atoms with Gasteiger partial charge in [0, 0.05) is 17.5 Å². The number of nitrogens with zero attached hydrogens (tertiary/aromatic N) is 2. The molecule has 6 nitrogen and oxygen atoms in total. The molecule has 0 saturated heterocycles. The van der Waals surface area contributed by atoms with Gasteiger partial charge in [-0.25, -0.2) is 13.8 Å². The topological polar surface area (TPSA) is 101 Å². The monoisotopic (exact) mass is 322 g/mol. The molecule has 0 aromatic carbocycles. The smallest absolute Gasteiger partial charge is 0.166 e. The van der Waals surface area contributed by atoms with Crippen LogP contribution in [0.15, 0.2) is 41.4 Å². The Morgan fingerprint density at radius 2 is 2.17 bits per heavy atom. The summed E-state index contributed by atoms with van der Waals surface area (Å²) in [5, 5.41) is 5.55. The quantitative estimate of drug-likeness (QED) is 0.455. The van der Waals surface area contributed by atoms with Crippen LogP contribution in [0.4, 0.5) is 20.4 Å². The Kier molecular flexibility index (Phi) is 6.40. The molecule has 6 N–H and O–H groups in total. The number of nitrogens with one attached hydrogen (secondary N) is 2. The Hall–Kier alpha value is -2.74. The number of nitrogen functional groups attached to an aromatic ring is 1. The molecule has 1 aromatic heterocycles. The Bertz CT molecular complexity index is 666. The fourth-order valence-corrected chi connectivity index (χ4v) is 1.60. The van der Waals surface area contributed by atoms with Crippen LogP contribution in [0.5, 0.6) is 0 Å². The zero-order chi connectivity index (χ0) is 17.6. The summed E-state index contributed by atoms with van der Waals surface area (Å²) >= 11 is 0. The number of nitrogens with two attached hydrogens (primary N) is 2. The molecular formula is C15H20F2N6. The fourth-order valence-electron chi connectivity index (χ4n) is 1.60. The molecule has 23 heavy (non-hydrogen) atoms. The normalized spacial score (nSPS) is 13.6. The average molecular weight is 322 g/mol. The van der Waals surface area contributed by atoms with Crippen LogP contribution >= 0.6 is 0 Å². The fraction of sp³-hybridized carbons (Fsp3) is 0.200. The summed E-state index contributed by atoms with van der Waals surface area (Å²) in [5.41, 5.74) is 11.6. The van der Waals surface area contributed by atoms with Crippen LogP contribution in [-0.2, 0) is 0 Å². The van der Waals surface area contributed by atoms with E-state index in [1.54, 1.807) is 14.0 Å². The number of hydrogen-bond acceptors (Lipinski definition) is 6. The highest BCUT2D eigenvalue weighted by Gasteiger charge is 2.13. The first-order valence-electron chi connectivity index (χ1n) is 6.68. The van der Waals surface area contributed by atoms with Crippen LogP contribution in [0.2, 0.25) is 0 Å². The van der Waals surface area contributed by atoms with Crippen LogP contribution in [0, 0.1) is 5.82 Å². The second kappa shape index (κ2) is 8.04. The molecular weight excluding hydrogens is 302 g/mol. The van der Waals surface area contributed by atoms with E-state index in [-0.39, 0.29) is 28.6 Å². The number of aromatic nitrogens is 1. The van der Waals surface area contributed by atoms with Crippen molar-refractivity contribution in [2.45, 2.75) is 13.0 Å². The van der Waals surface area contributed by atoms with Crippen molar-refractivity contribution in [2.24, 2.45) is 10.7 Å². The van der Waals surface area contributed by atoms with E-state index in [2.05, 4.69) is 33.9 Å². The minimum atomic E-state index is -0.727. The standard InChI is InChI=1S/C15H20F2N6/c1-8(18)11-6-13(17)14(19)23-15(11)22-10(7-20-3)5-12(16)9(2)21-4/h5-7,9,21H,1,3,18H2,2,4H3,(H3,19,22,23)/b10-7+,12-5+. The van der Waals surface area contributed by atoms with Gasteiger partial charge in [-0.15, -0.1) is 0 Å². The third kappa shape index (κ3) is 4.89. The van der Waals surface area contributed by atoms with Crippen molar-refractivity contribution in [1.29, 1.82) is 0 Å². The summed E-state index contributed by atoms with van der Waals surface area (Å²) in [6.07, 6.45) is 2.49. The van der Waals surface area contributed by atoms with Gasteiger partial charge >= 0.3 is 0 Å². The van der Waals surface area contributed by atoms with Crippen LogP contribution < -0.4 is 22.1 Å². The Balaban J connectivity index is 3.26. The summed E-state index contributed by atoms with van der Waals surface area (Å²) in [7, 11) is 1.62. The molecule has 0 amide bonds. The van der Waals surface area contributed by atoms with Crippen LogP contribution in [-0.4, -0.2) is 24.8 Å².